The summed E-state index contributed by atoms with van der Waals surface area (Å²) in [6.45, 7) is 6.33. The van der Waals surface area contributed by atoms with Crippen LogP contribution in [-0.4, -0.2) is 28.6 Å². The lowest BCUT2D eigenvalue weighted by atomic mass is 10.1. The first-order valence-electron chi connectivity index (χ1n) is 11.6. The maximum atomic E-state index is 12.3. The van der Waals surface area contributed by atoms with Crippen LogP contribution in [0.25, 0.3) is 11.0 Å². The molecule has 0 saturated heterocycles. The van der Waals surface area contributed by atoms with Crippen LogP contribution >= 0.6 is 0 Å². The number of hydrogen-bond acceptors (Lipinski definition) is 3. The van der Waals surface area contributed by atoms with Crippen molar-refractivity contribution in [2.75, 3.05) is 13.2 Å². The van der Waals surface area contributed by atoms with Crippen LogP contribution in [0.15, 0.2) is 72.8 Å². The minimum Gasteiger partial charge on any atom is -0.494 e. The van der Waals surface area contributed by atoms with E-state index in [2.05, 4.69) is 41.9 Å². The number of carbonyl (C=O) groups excluding carboxylic acids is 1. The number of aryl methyl sites for hydroxylation is 3. The first kappa shape index (κ1) is 22.6. The Labute approximate surface area is 195 Å². The van der Waals surface area contributed by atoms with Crippen molar-refractivity contribution in [1.82, 2.24) is 14.9 Å². The van der Waals surface area contributed by atoms with E-state index in [-0.39, 0.29) is 5.91 Å². The second-order valence-electron chi connectivity index (χ2n) is 8.34. The maximum Gasteiger partial charge on any atom is 0.251 e. The number of nitrogens with one attached hydrogen (secondary N) is 1. The van der Waals surface area contributed by atoms with Gasteiger partial charge in [0, 0.05) is 25.1 Å². The molecule has 0 atom stereocenters. The molecule has 0 spiro atoms. The van der Waals surface area contributed by atoms with Gasteiger partial charge in [-0.25, -0.2) is 4.98 Å². The number of aromatic nitrogens is 2. The predicted octanol–water partition coefficient (Wildman–Crippen LogP) is 5.48. The smallest absolute Gasteiger partial charge is 0.251 e. The van der Waals surface area contributed by atoms with Gasteiger partial charge in [-0.2, -0.15) is 0 Å². The number of unbranched alkanes of at least 4 members (excludes halogenated alkanes) is 1. The number of nitrogens with zero attached hydrogens (tertiary/aromatic N) is 2. The fourth-order valence-electron chi connectivity index (χ4n) is 3.91. The first-order chi connectivity index (χ1) is 16.1. The zero-order valence-electron chi connectivity index (χ0n) is 19.4. The van der Waals surface area contributed by atoms with Crippen molar-refractivity contribution in [3.05, 3.63) is 95.3 Å². The highest BCUT2D eigenvalue weighted by molar-refractivity contribution is 5.94. The van der Waals surface area contributed by atoms with E-state index in [1.165, 1.54) is 11.1 Å². The Kier molecular flexibility index (Phi) is 7.40. The molecule has 0 aliphatic carbocycles. The van der Waals surface area contributed by atoms with Crippen LogP contribution in [0.4, 0.5) is 0 Å². The quantitative estimate of drug-likeness (QED) is 0.331. The number of rotatable bonds is 10. The minimum absolute atomic E-state index is 0.0539. The zero-order chi connectivity index (χ0) is 23.0. The van der Waals surface area contributed by atoms with E-state index in [0.717, 1.165) is 42.0 Å². The van der Waals surface area contributed by atoms with Crippen LogP contribution in [0.1, 0.15) is 40.2 Å². The van der Waals surface area contributed by atoms with Crippen molar-refractivity contribution in [3.63, 3.8) is 0 Å². The fraction of sp³-hybridized carbons (Fsp3) is 0.286. The van der Waals surface area contributed by atoms with E-state index in [1.54, 1.807) is 0 Å². The average Bonchev–Trinajstić information content (AvgIpc) is 3.19. The zero-order valence-corrected chi connectivity index (χ0v) is 19.4. The normalized spacial score (nSPS) is 11.0. The molecule has 0 unspecified atom stereocenters. The number of benzene rings is 3. The van der Waals surface area contributed by atoms with Gasteiger partial charge in [-0.1, -0.05) is 36.4 Å². The van der Waals surface area contributed by atoms with E-state index in [9.17, 15) is 4.79 Å². The molecule has 1 N–H and O–H groups in total. The Bertz CT molecular complexity index is 1210. The van der Waals surface area contributed by atoms with Crippen LogP contribution in [0.3, 0.4) is 0 Å². The van der Waals surface area contributed by atoms with Crippen molar-refractivity contribution < 1.29 is 9.53 Å². The number of para-hydroxylation sites is 2. The Balaban J connectivity index is 1.32. The van der Waals surface area contributed by atoms with E-state index in [0.29, 0.717) is 25.1 Å². The van der Waals surface area contributed by atoms with Crippen molar-refractivity contribution in [2.45, 2.75) is 39.7 Å². The molecule has 0 bridgehead atoms. The van der Waals surface area contributed by atoms with Crippen LogP contribution < -0.4 is 10.1 Å². The number of carbonyl (C=O) groups is 1. The van der Waals surface area contributed by atoms with Gasteiger partial charge < -0.3 is 14.6 Å². The Hall–Kier alpha value is -3.60. The third kappa shape index (κ3) is 5.80. The molecular weight excluding hydrogens is 410 g/mol. The summed E-state index contributed by atoms with van der Waals surface area (Å²) in [5.74, 6) is 1.88. The summed E-state index contributed by atoms with van der Waals surface area (Å²) >= 11 is 0. The van der Waals surface area contributed by atoms with Gasteiger partial charge in [-0.15, -0.1) is 0 Å². The summed E-state index contributed by atoms with van der Waals surface area (Å²) in [5, 5.41) is 3.01. The number of hydrogen-bond donors (Lipinski definition) is 1. The largest absolute Gasteiger partial charge is 0.494 e. The lowest BCUT2D eigenvalue weighted by Gasteiger charge is -2.11. The fourth-order valence-corrected chi connectivity index (χ4v) is 3.91. The third-order valence-electron chi connectivity index (χ3n) is 5.93. The van der Waals surface area contributed by atoms with Gasteiger partial charge in [0.25, 0.3) is 5.91 Å². The Morgan fingerprint density at radius 1 is 0.939 bits per heavy atom. The topological polar surface area (TPSA) is 56.1 Å². The van der Waals surface area contributed by atoms with E-state index in [4.69, 9.17) is 9.72 Å². The van der Waals surface area contributed by atoms with E-state index in [1.807, 2.05) is 54.6 Å². The molecule has 5 heteroatoms. The molecule has 0 fully saturated rings. The summed E-state index contributed by atoms with van der Waals surface area (Å²) in [6, 6.07) is 23.7. The van der Waals surface area contributed by atoms with Crippen LogP contribution in [0.2, 0.25) is 0 Å². The van der Waals surface area contributed by atoms with E-state index < -0.39 is 0 Å². The second-order valence-corrected chi connectivity index (χ2v) is 8.34. The van der Waals surface area contributed by atoms with Crippen LogP contribution in [0.5, 0.6) is 5.75 Å². The van der Waals surface area contributed by atoms with Crippen LogP contribution in [0, 0.1) is 13.8 Å². The molecule has 0 radical (unpaired) electrons. The number of amides is 1. The molecule has 3 aromatic carbocycles. The van der Waals surface area contributed by atoms with Gasteiger partial charge in [-0.05, 0) is 74.2 Å². The third-order valence-corrected chi connectivity index (χ3v) is 5.93. The van der Waals surface area contributed by atoms with Gasteiger partial charge in [0.05, 0.1) is 17.6 Å². The molecule has 0 aliphatic rings. The second kappa shape index (κ2) is 10.8. The van der Waals surface area contributed by atoms with Gasteiger partial charge in [0.2, 0.25) is 0 Å². The molecule has 5 nitrogen and oxygen atoms in total. The van der Waals surface area contributed by atoms with Crippen molar-refractivity contribution in [1.29, 1.82) is 0 Å². The molecule has 0 saturated carbocycles. The average molecular weight is 442 g/mol. The summed E-state index contributed by atoms with van der Waals surface area (Å²) in [4.78, 5) is 17.2. The maximum absolute atomic E-state index is 12.3. The summed E-state index contributed by atoms with van der Waals surface area (Å²) in [5.41, 5.74) is 5.34. The first-order valence-corrected chi connectivity index (χ1v) is 11.6. The Morgan fingerprint density at radius 2 is 1.73 bits per heavy atom. The number of fused-ring (bicyclic) bond motifs is 1. The van der Waals surface area contributed by atoms with Gasteiger partial charge in [0.15, 0.2) is 0 Å². The molecular formula is C28H31N3O2. The summed E-state index contributed by atoms with van der Waals surface area (Å²) in [6.07, 6.45) is 2.64. The number of imidazole rings is 1. The van der Waals surface area contributed by atoms with E-state index >= 15 is 0 Å². The van der Waals surface area contributed by atoms with Gasteiger partial charge in [0.1, 0.15) is 11.6 Å². The molecule has 1 aromatic heterocycles. The summed E-state index contributed by atoms with van der Waals surface area (Å²) in [7, 11) is 0. The monoisotopic (exact) mass is 441 g/mol. The standard InChI is InChI=1S/C28H31N3O2/c1-21-14-15-24(20-22(21)2)33-19-9-8-18-31-26-13-7-6-12-25(26)30-27(31)16-17-29-28(32)23-10-4-3-5-11-23/h3-7,10-15,20H,8-9,16-19H2,1-2H3,(H,29,32). The summed E-state index contributed by atoms with van der Waals surface area (Å²) < 4.78 is 8.22. The highest BCUT2D eigenvalue weighted by Crippen LogP contribution is 2.19. The van der Waals surface area contributed by atoms with Crippen LogP contribution in [-0.2, 0) is 13.0 Å². The molecule has 1 heterocycles. The SMILES string of the molecule is Cc1ccc(OCCCCn2c(CCNC(=O)c3ccccc3)nc3ccccc32)cc1C. The lowest BCUT2D eigenvalue weighted by Crippen LogP contribution is -2.26. The molecule has 170 valence electrons. The van der Waals surface area contributed by atoms with Crippen molar-refractivity contribution in [3.8, 4) is 5.75 Å². The molecule has 4 aromatic rings. The number of ether oxygens (including phenoxy) is 1. The molecule has 0 aliphatic heterocycles. The predicted molar refractivity (Wildman–Crippen MR) is 133 cm³/mol. The van der Waals surface area contributed by atoms with Gasteiger partial charge in [-0.3, -0.25) is 4.79 Å². The molecule has 33 heavy (non-hydrogen) atoms. The van der Waals surface area contributed by atoms with Crippen molar-refractivity contribution >= 4 is 16.9 Å². The van der Waals surface area contributed by atoms with Gasteiger partial charge >= 0.3 is 0 Å². The molecule has 4 rings (SSSR count). The molecule has 1 amide bonds. The lowest BCUT2D eigenvalue weighted by molar-refractivity contribution is 0.0954. The highest BCUT2D eigenvalue weighted by Gasteiger charge is 2.11. The van der Waals surface area contributed by atoms with Crippen molar-refractivity contribution in [2.24, 2.45) is 0 Å². The highest BCUT2D eigenvalue weighted by atomic mass is 16.5. The Morgan fingerprint density at radius 3 is 2.55 bits per heavy atom. The minimum atomic E-state index is -0.0539.